The van der Waals surface area contributed by atoms with E-state index in [-0.39, 0.29) is 0 Å². The smallest absolute Gasteiger partial charge is 0.223 e. The van der Waals surface area contributed by atoms with E-state index in [2.05, 4.69) is 12.3 Å². The van der Waals surface area contributed by atoms with Gasteiger partial charge in [-0.1, -0.05) is 13.8 Å². The molecular weight excluding hydrogens is 128 g/mol. The molecule has 3 heteroatoms. The highest BCUT2D eigenvalue weighted by Crippen LogP contribution is 1.81. The van der Waals surface area contributed by atoms with Gasteiger partial charge in [-0.2, -0.15) is 0 Å². The van der Waals surface area contributed by atoms with Crippen LogP contribution in [-0.4, -0.2) is 24.5 Å². The number of rotatable bonds is 6. The van der Waals surface area contributed by atoms with Crippen molar-refractivity contribution in [1.29, 1.82) is 0 Å². The molecule has 0 atom stereocenters. The van der Waals surface area contributed by atoms with Crippen LogP contribution in [0.4, 0.5) is 0 Å². The van der Waals surface area contributed by atoms with Crippen molar-refractivity contribution in [3.05, 3.63) is 0 Å². The molecule has 0 saturated heterocycles. The summed E-state index contributed by atoms with van der Waals surface area (Å²) in [4.78, 5) is 10.3. The van der Waals surface area contributed by atoms with Crippen LogP contribution in [0.15, 0.2) is 0 Å². The molecule has 0 aromatic rings. The van der Waals surface area contributed by atoms with Crippen molar-refractivity contribution in [2.75, 3.05) is 13.1 Å². The van der Waals surface area contributed by atoms with E-state index in [9.17, 15) is 4.79 Å². The zero-order valence-electron chi connectivity index (χ0n) is 6.76. The first kappa shape index (κ1) is 9.43. The minimum Gasteiger partial charge on any atom is -0.281 e. The maximum atomic E-state index is 10.3. The monoisotopic (exact) mass is 144 g/mol. The first-order valence-corrected chi connectivity index (χ1v) is 3.80. The Hall–Kier alpha value is -0.570. The van der Waals surface area contributed by atoms with Gasteiger partial charge in [0.1, 0.15) is 0 Å². The number of carbonyl (C=O) groups excluding carboxylic acids is 1. The second-order valence-electron chi connectivity index (χ2n) is 2.21. The second-order valence-corrected chi connectivity index (χ2v) is 2.21. The molecule has 60 valence electrons. The van der Waals surface area contributed by atoms with Crippen molar-refractivity contribution in [1.82, 2.24) is 10.4 Å². The van der Waals surface area contributed by atoms with E-state index in [4.69, 9.17) is 0 Å². The van der Waals surface area contributed by atoms with Crippen LogP contribution in [0, 0.1) is 0 Å². The van der Waals surface area contributed by atoms with E-state index < -0.39 is 0 Å². The van der Waals surface area contributed by atoms with Gasteiger partial charge in [0.05, 0.1) is 0 Å². The van der Waals surface area contributed by atoms with E-state index in [1.165, 1.54) is 0 Å². The summed E-state index contributed by atoms with van der Waals surface area (Å²) in [6.07, 6.45) is 2.88. The number of hydrogen-bond donors (Lipinski definition) is 1. The van der Waals surface area contributed by atoms with E-state index in [0.29, 0.717) is 0 Å². The van der Waals surface area contributed by atoms with Gasteiger partial charge in [0.15, 0.2) is 0 Å². The first-order chi connectivity index (χ1) is 4.85. The van der Waals surface area contributed by atoms with Crippen molar-refractivity contribution in [2.45, 2.75) is 26.7 Å². The van der Waals surface area contributed by atoms with Crippen LogP contribution < -0.4 is 5.43 Å². The number of amides is 1. The van der Waals surface area contributed by atoms with Crippen LogP contribution in [0.5, 0.6) is 0 Å². The highest BCUT2D eigenvalue weighted by molar-refractivity contribution is 5.45. The van der Waals surface area contributed by atoms with Crippen molar-refractivity contribution < 1.29 is 4.79 Å². The average molecular weight is 144 g/mol. The third-order valence-electron chi connectivity index (χ3n) is 1.16. The highest BCUT2D eigenvalue weighted by atomic mass is 16.1. The Morgan fingerprint density at radius 1 is 1.40 bits per heavy atom. The summed E-state index contributed by atoms with van der Waals surface area (Å²) in [5, 5.41) is 1.59. The largest absolute Gasteiger partial charge is 0.281 e. The van der Waals surface area contributed by atoms with Crippen LogP contribution >= 0.6 is 0 Å². The minimum atomic E-state index is 0.795. The molecule has 0 aliphatic rings. The lowest BCUT2D eigenvalue weighted by Gasteiger charge is -2.16. The molecule has 0 rings (SSSR count). The van der Waals surface area contributed by atoms with Crippen molar-refractivity contribution in [2.24, 2.45) is 0 Å². The van der Waals surface area contributed by atoms with Crippen molar-refractivity contribution >= 4 is 6.41 Å². The Bertz CT molecular complexity index is 85.7. The molecule has 0 heterocycles. The fourth-order valence-electron chi connectivity index (χ4n) is 0.665. The Kier molecular flexibility index (Phi) is 6.18. The van der Waals surface area contributed by atoms with Crippen LogP contribution in [0.3, 0.4) is 0 Å². The van der Waals surface area contributed by atoms with Gasteiger partial charge in [0.2, 0.25) is 6.41 Å². The molecule has 0 aromatic carbocycles. The SMILES string of the molecule is CCCNN(C=O)CCC. The lowest BCUT2D eigenvalue weighted by Crippen LogP contribution is -2.37. The van der Waals surface area contributed by atoms with Gasteiger partial charge in [0, 0.05) is 13.1 Å². The topological polar surface area (TPSA) is 32.3 Å². The van der Waals surface area contributed by atoms with Gasteiger partial charge in [-0.15, -0.1) is 0 Å². The fourth-order valence-corrected chi connectivity index (χ4v) is 0.665. The van der Waals surface area contributed by atoms with Crippen LogP contribution in [-0.2, 0) is 4.79 Å². The molecule has 10 heavy (non-hydrogen) atoms. The van der Waals surface area contributed by atoms with Crippen LogP contribution in [0.1, 0.15) is 26.7 Å². The van der Waals surface area contributed by atoms with Crippen LogP contribution in [0.25, 0.3) is 0 Å². The second kappa shape index (κ2) is 6.55. The molecule has 0 saturated carbocycles. The molecule has 0 aromatic heterocycles. The zero-order valence-corrected chi connectivity index (χ0v) is 6.76. The van der Waals surface area contributed by atoms with E-state index in [1.807, 2.05) is 6.92 Å². The average Bonchev–Trinajstić information content (AvgIpc) is 1.98. The Balaban J connectivity index is 3.29. The fraction of sp³-hybridized carbons (Fsp3) is 0.857. The number of hydrazine groups is 1. The molecule has 1 N–H and O–H groups in total. The molecule has 0 aliphatic carbocycles. The highest BCUT2D eigenvalue weighted by Gasteiger charge is 1.94. The molecule has 3 nitrogen and oxygen atoms in total. The van der Waals surface area contributed by atoms with E-state index in [0.717, 1.165) is 32.3 Å². The Morgan fingerprint density at radius 2 is 2.10 bits per heavy atom. The number of nitrogens with one attached hydrogen (secondary N) is 1. The third kappa shape index (κ3) is 4.32. The summed E-state index contributed by atoms with van der Waals surface area (Å²) >= 11 is 0. The van der Waals surface area contributed by atoms with E-state index in [1.54, 1.807) is 5.01 Å². The van der Waals surface area contributed by atoms with Crippen molar-refractivity contribution in [3.63, 3.8) is 0 Å². The summed E-state index contributed by atoms with van der Waals surface area (Å²) in [6, 6.07) is 0. The number of nitrogens with zero attached hydrogens (tertiary/aromatic N) is 1. The van der Waals surface area contributed by atoms with Gasteiger partial charge in [-0.3, -0.25) is 9.80 Å². The lowest BCUT2D eigenvalue weighted by molar-refractivity contribution is -0.121. The summed E-state index contributed by atoms with van der Waals surface area (Å²) in [5.41, 5.74) is 2.99. The minimum absolute atomic E-state index is 0.795. The van der Waals surface area contributed by atoms with Crippen LogP contribution in [0.2, 0.25) is 0 Å². The standard InChI is InChI=1S/C7H16N2O/c1-3-5-8-9(7-10)6-4-2/h7-8H,3-6H2,1-2H3. The Morgan fingerprint density at radius 3 is 2.50 bits per heavy atom. The van der Waals surface area contributed by atoms with Crippen molar-refractivity contribution in [3.8, 4) is 0 Å². The predicted molar refractivity (Wildman–Crippen MR) is 41.4 cm³/mol. The van der Waals surface area contributed by atoms with Gasteiger partial charge in [0.25, 0.3) is 0 Å². The normalized spacial score (nSPS) is 9.40. The summed E-state index contributed by atoms with van der Waals surface area (Å²) < 4.78 is 0. The maximum Gasteiger partial charge on any atom is 0.223 e. The summed E-state index contributed by atoms with van der Waals surface area (Å²) in [6.45, 7) is 5.79. The van der Waals surface area contributed by atoms with Gasteiger partial charge >= 0.3 is 0 Å². The number of hydrogen-bond acceptors (Lipinski definition) is 2. The molecule has 1 amide bonds. The predicted octanol–water partition coefficient (Wildman–Crippen LogP) is 0.769. The van der Waals surface area contributed by atoms with Gasteiger partial charge in [-0.05, 0) is 12.8 Å². The van der Waals surface area contributed by atoms with Gasteiger partial charge in [-0.25, -0.2) is 5.43 Å². The molecule has 0 aliphatic heterocycles. The molecule has 0 fully saturated rings. The molecular formula is C7H16N2O. The lowest BCUT2D eigenvalue weighted by atomic mass is 10.5. The molecule has 0 bridgehead atoms. The summed E-state index contributed by atoms with van der Waals surface area (Å²) in [5.74, 6) is 0. The zero-order chi connectivity index (χ0) is 7.82. The Labute approximate surface area is 62.4 Å². The maximum absolute atomic E-state index is 10.3. The number of carbonyl (C=O) groups is 1. The first-order valence-electron chi connectivity index (χ1n) is 3.80. The molecule has 0 radical (unpaired) electrons. The van der Waals surface area contributed by atoms with E-state index >= 15 is 0 Å². The third-order valence-corrected chi connectivity index (χ3v) is 1.16. The summed E-state index contributed by atoms with van der Waals surface area (Å²) in [7, 11) is 0. The quantitative estimate of drug-likeness (QED) is 0.441. The molecule has 0 spiro atoms. The van der Waals surface area contributed by atoms with Gasteiger partial charge < -0.3 is 0 Å². The molecule has 0 unspecified atom stereocenters.